The smallest absolute Gasteiger partial charge is 0.335 e. The fourth-order valence-corrected chi connectivity index (χ4v) is 4.56. The molecule has 0 aromatic heterocycles. The van der Waals surface area contributed by atoms with Gasteiger partial charge in [0.2, 0.25) is 0 Å². The zero-order chi connectivity index (χ0) is 26.0. The Morgan fingerprint density at radius 1 is 0.811 bits per heavy atom. The molecule has 1 aliphatic rings. The molecule has 0 heterocycles. The molecule has 0 saturated heterocycles. The number of benzene rings is 3. The Morgan fingerprint density at radius 2 is 1.54 bits per heavy atom. The van der Waals surface area contributed by atoms with Gasteiger partial charge in [-0.3, -0.25) is 0 Å². The maximum atomic E-state index is 12.1. The SMILES string of the molecule is CCOC(=O)C(Cc1ccc(OCCOC2c3ccccc3C=Cc3ccc(CC)cc32)cc1)OCC. The molecule has 0 spiro atoms. The second kappa shape index (κ2) is 13.2. The summed E-state index contributed by atoms with van der Waals surface area (Å²) in [4.78, 5) is 12.1. The Labute approximate surface area is 220 Å². The molecular formula is C32H36O5. The van der Waals surface area contributed by atoms with Crippen molar-refractivity contribution in [3.8, 4) is 5.75 Å². The maximum Gasteiger partial charge on any atom is 0.335 e. The van der Waals surface area contributed by atoms with Gasteiger partial charge in [-0.25, -0.2) is 4.79 Å². The summed E-state index contributed by atoms with van der Waals surface area (Å²) in [5.41, 5.74) is 7.00. The third-order valence-electron chi connectivity index (χ3n) is 6.46. The average molecular weight is 501 g/mol. The van der Waals surface area contributed by atoms with Gasteiger partial charge in [0.25, 0.3) is 0 Å². The van der Waals surface area contributed by atoms with E-state index in [0.717, 1.165) is 17.7 Å². The van der Waals surface area contributed by atoms with Gasteiger partial charge in [-0.05, 0) is 65.8 Å². The van der Waals surface area contributed by atoms with Crippen LogP contribution in [0.5, 0.6) is 5.75 Å². The van der Waals surface area contributed by atoms with E-state index in [1.165, 1.54) is 27.8 Å². The van der Waals surface area contributed by atoms with Crippen LogP contribution in [-0.2, 0) is 31.8 Å². The Hall–Kier alpha value is -3.41. The van der Waals surface area contributed by atoms with Crippen molar-refractivity contribution in [2.45, 2.75) is 45.8 Å². The van der Waals surface area contributed by atoms with E-state index >= 15 is 0 Å². The zero-order valence-corrected chi connectivity index (χ0v) is 21.9. The van der Waals surface area contributed by atoms with Crippen LogP contribution in [0.25, 0.3) is 12.2 Å². The van der Waals surface area contributed by atoms with Gasteiger partial charge in [-0.2, -0.15) is 0 Å². The lowest BCUT2D eigenvalue weighted by Crippen LogP contribution is -2.28. The molecule has 5 nitrogen and oxygen atoms in total. The molecule has 5 heteroatoms. The topological polar surface area (TPSA) is 54.0 Å². The number of ether oxygens (including phenoxy) is 4. The van der Waals surface area contributed by atoms with E-state index < -0.39 is 6.10 Å². The minimum atomic E-state index is -0.599. The van der Waals surface area contributed by atoms with Crippen molar-refractivity contribution in [1.82, 2.24) is 0 Å². The molecule has 3 aromatic rings. The molecule has 194 valence electrons. The minimum absolute atomic E-state index is 0.156. The molecule has 37 heavy (non-hydrogen) atoms. The van der Waals surface area contributed by atoms with E-state index in [1.54, 1.807) is 6.92 Å². The zero-order valence-electron chi connectivity index (χ0n) is 21.9. The summed E-state index contributed by atoms with van der Waals surface area (Å²) < 4.78 is 23.1. The van der Waals surface area contributed by atoms with Crippen molar-refractivity contribution in [2.24, 2.45) is 0 Å². The summed E-state index contributed by atoms with van der Waals surface area (Å²) in [5, 5.41) is 0. The number of aryl methyl sites for hydroxylation is 1. The van der Waals surface area contributed by atoms with Crippen molar-refractivity contribution >= 4 is 18.1 Å². The Balaban J connectivity index is 1.38. The summed E-state index contributed by atoms with van der Waals surface area (Å²) in [6.45, 7) is 7.51. The van der Waals surface area contributed by atoms with Gasteiger partial charge in [-0.1, -0.05) is 73.7 Å². The van der Waals surface area contributed by atoms with Crippen LogP contribution in [0.15, 0.2) is 66.7 Å². The first-order valence-corrected chi connectivity index (χ1v) is 13.1. The first-order chi connectivity index (χ1) is 18.1. The third-order valence-corrected chi connectivity index (χ3v) is 6.46. The number of hydrogen-bond acceptors (Lipinski definition) is 5. The molecular weight excluding hydrogens is 464 g/mol. The Kier molecular flexibility index (Phi) is 9.52. The number of rotatable bonds is 12. The molecule has 0 bridgehead atoms. The summed E-state index contributed by atoms with van der Waals surface area (Å²) >= 11 is 0. The van der Waals surface area contributed by atoms with Crippen molar-refractivity contribution in [3.05, 3.63) is 100 Å². The fraction of sp³-hybridized carbons (Fsp3) is 0.344. The normalized spacial score (nSPS) is 14.8. The molecule has 2 unspecified atom stereocenters. The predicted molar refractivity (Wildman–Crippen MR) is 147 cm³/mol. The fourth-order valence-electron chi connectivity index (χ4n) is 4.56. The van der Waals surface area contributed by atoms with Crippen molar-refractivity contribution < 1.29 is 23.7 Å². The van der Waals surface area contributed by atoms with Crippen LogP contribution < -0.4 is 4.74 Å². The molecule has 0 aliphatic heterocycles. The third kappa shape index (κ3) is 6.88. The molecule has 0 radical (unpaired) electrons. The van der Waals surface area contributed by atoms with Crippen LogP contribution >= 0.6 is 0 Å². The van der Waals surface area contributed by atoms with Crippen LogP contribution in [0.2, 0.25) is 0 Å². The predicted octanol–water partition coefficient (Wildman–Crippen LogP) is 6.43. The van der Waals surface area contributed by atoms with E-state index in [1.807, 2.05) is 31.2 Å². The van der Waals surface area contributed by atoms with Gasteiger partial charge in [0, 0.05) is 13.0 Å². The van der Waals surface area contributed by atoms with E-state index in [-0.39, 0.29) is 12.1 Å². The summed E-state index contributed by atoms with van der Waals surface area (Å²) in [7, 11) is 0. The van der Waals surface area contributed by atoms with Gasteiger partial charge < -0.3 is 18.9 Å². The van der Waals surface area contributed by atoms with E-state index in [0.29, 0.717) is 32.8 Å². The molecule has 0 saturated carbocycles. The Morgan fingerprint density at radius 3 is 2.27 bits per heavy atom. The van der Waals surface area contributed by atoms with Gasteiger partial charge in [0.15, 0.2) is 6.10 Å². The van der Waals surface area contributed by atoms with E-state index in [2.05, 4.69) is 61.5 Å². The molecule has 4 rings (SSSR count). The standard InChI is InChI=1S/C32H36O5/c1-4-23-11-14-26-16-15-25-9-7-8-10-28(25)31(29(26)21-23)37-20-19-36-27-17-12-24(13-18-27)22-30(34-5-2)32(33)35-6-3/h7-18,21,30-31H,4-6,19-20,22H2,1-3H3. The molecule has 1 aliphatic carbocycles. The van der Waals surface area contributed by atoms with Crippen LogP contribution in [-0.4, -0.2) is 38.5 Å². The lowest BCUT2D eigenvalue weighted by molar-refractivity contribution is -0.156. The summed E-state index contributed by atoms with van der Waals surface area (Å²) in [6.07, 6.45) is 5.03. The van der Waals surface area contributed by atoms with Crippen LogP contribution in [0.1, 0.15) is 60.3 Å². The van der Waals surface area contributed by atoms with Crippen molar-refractivity contribution in [1.29, 1.82) is 0 Å². The maximum absolute atomic E-state index is 12.1. The number of hydrogen-bond donors (Lipinski definition) is 0. The first kappa shape index (κ1) is 26.6. The van der Waals surface area contributed by atoms with Crippen LogP contribution in [0.3, 0.4) is 0 Å². The first-order valence-electron chi connectivity index (χ1n) is 13.1. The summed E-state index contributed by atoms with van der Waals surface area (Å²) in [5.74, 6) is 0.429. The molecule has 0 amide bonds. The highest BCUT2D eigenvalue weighted by molar-refractivity contribution is 5.76. The number of carbonyl (C=O) groups is 1. The Bertz CT molecular complexity index is 1200. The highest BCUT2D eigenvalue weighted by Crippen LogP contribution is 2.36. The minimum Gasteiger partial charge on any atom is -0.491 e. The van der Waals surface area contributed by atoms with Gasteiger partial charge in [0.1, 0.15) is 18.5 Å². The van der Waals surface area contributed by atoms with Gasteiger partial charge >= 0.3 is 5.97 Å². The summed E-state index contributed by atoms with van der Waals surface area (Å²) in [6, 6.07) is 22.8. The highest BCUT2D eigenvalue weighted by Gasteiger charge is 2.23. The average Bonchev–Trinajstić information content (AvgIpc) is 3.08. The van der Waals surface area contributed by atoms with Crippen LogP contribution in [0, 0.1) is 0 Å². The van der Waals surface area contributed by atoms with Gasteiger partial charge in [0.05, 0.1) is 13.2 Å². The molecule has 0 fully saturated rings. The van der Waals surface area contributed by atoms with Crippen LogP contribution in [0.4, 0.5) is 0 Å². The second-order valence-corrected chi connectivity index (χ2v) is 8.92. The lowest BCUT2D eigenvalue weighted by atomic mass is 9.94. The van der Waals surface area contributed by atoms with Crippen molar-refractivity contribution in [3.63, 3.8) is 0 Å². The molecule has 3 aromatic carbocycles. The monoisotopic (exact) mass is 500 g/mol. The lowest BCUT2D eigenvalue weighted by Gasteiger charge is -2.22. The number of esters is 1. The largest absolute Gasteiger partial charge is 0.491 e. The molecule has 0 N–H and O–H groups in total. The highest BCUT2D eigenvalue weighted by atomic mass is 16.6. The second-order valence-electron chi connectivity index (χ2n) is 8.92. The van der Waals surface area contributed by atoms with E-state index in [4.69, 9.17) is 18.9 Å². The van der Waals surface area contributed by atoms with E-state index in [9.17, 15) is 4.79 Å². The number of carbonyl (C=O) groups excluding carboxylic acids is 1. The van der Waals surface area contributed by atoms with Gasteiger partial charge in [-0.15, -0.1) is 0 Å². The number of fused-ring (bicyclic) bond motifs is 2. The van der Waals surface area contributed by atoms with Crippen molar-refractivity contribution in [2.75, 3.05) is 26.4 Å². The quantitative estimate of drug-likeness (QED) is 0.212. The molecule has 2 atom stereocenters.